The van der Waals surface area contributed by atoms with Gasteiger partial charge in [-0.3, -0.25) is 9.79 Å². The largest absolute Gasteiger partial charge is 0.497 e. The summed E-state index contributed by atoms with van der Waals surface area (Å²) < 4.78 is 5.29. The number of fused-ring (bicyclic) bond motifs is 1. The normalized spacial score (nSPS) is 14.2. The Morgan fingerprint density at radius 1 is 0.968 bits per heavy atom. The predicted octanol–water partition coefficient (Wildman–Crippen LogP) is 3.84. The summed E-state index contributed by atoms with van der Waals surface area (Å²) in [5.41, 5.74) is 3.29. The Labute approximate surface area is 182 Å². The van der Waals surface area contributed by atoms with Gasteiger partial charge < -0.3 is 20.3 Å². The molecule has 6 heteroatoms. The molecular formula is C25H28N4O2. The highest BCUT2D eigenvalue weighted by molar-refractivity contribution is 5.95. The van der Waals surface area contributed by atoms with Gasteiger partial charge in [-0.05, 0) is 58.7 Å². The van der Waals surface area contributed by atoms with Crippen LogP contribution in [0.25, 0.3) is 10.8 Å². The molecule has 31 heavy (non-hydrogen) atoms. The van der Waals surface area contributed by atoms with Crippen molar-refractivity contribution in [3.8, 4) is 5.75 Å². The maximum atomic E-state index is 11.9. The van der Waals surface area contributed by atoms with Gasteiger partial charge in [0.25, 0.3) is 0 Å². The topological polar surface area (TPSA) is 66.0 Å². The average Bonchev–Trinajstić information content (AvgIpc) is 3.25. The van der Waals surface area contributed by atoms with Crippen molar-refractivity contribution >= 4 is 28.3 Å². The van der Waals surface area contributed by atoms with E-state index in [9.17, 15) is 4.79 Å². The molecule has 0 atom stereocenters. The van der Waals surface area contributed by atoms with Gasteiger partial charge in [0, 0.05) is 38.8 Å². The molecule has 6 nitrogen and oxygen atoms in total. The summed E-state index contributed by atoms with van der Waals surface area (Å²) >= 11 is 0. The number of amides is 1. The number of ether oxygens (including phenoxy) is 1. The molecule has 1 saturated heterocycles. The molecule has 160 valence electrons. The van der Waals surface area contributed by atoms with Gasteiger partial charge in [-0.25, -0.2) is 0 Å². The minimum atomic E-state index is 0.211. The van der Waals surface area contributed by atoms with Crippen molar-refractivity contribution in [2.24, 2.45) is 4.99 Å². The first-order valence-electron chi connectivity index (χ1n) is 10.6. The fourth-order valence-corrected chi connectivity index (χ4v) is 3.82. The standard InChI is InChI=1S/C25H28N4O2/c1-26-25(27-16-18-6-10-22(11-7-18)29-13-3-4-24(29)30)28-17-19-5-8-21-15-23(31-2)12-9-20(21)14-19/h5-12,14-15H,3-4,13,16-17H2,1-2H3,(H2,26,27,28). The molecule has 0 aromatic heterocycles. The van der Waals surface area contributed by atoms with Crippen LogP contribution in [0.1, 0.15) is 24.0 Å². The van der Waals surface area contributed by atoms with E-state index in [2.05, 4.69) is 52.0 Å². The summed E-state index contributed by atoms with van der Waals surface area (Å²) in [5, 5.41) is 9.05. The highest BCUT2D eigenvalue weighted by atomic mass is 16.5. The minimum absolute atomic E-state index is 0.211. The average molecular weight is 417 g/mol. The van der Waals surface area contributed by atoms with Crippen LogP contribution in [0.15, 0.2) is 65.7 Å². The van der Waals surface area contributed by atoms with E-state index in [0.29, 0.717) is 19.5 Å². The Balaban J connectivity index is 1.31. The molecule has 1 aliphatic rings. The van der Waals surface area contributed by atoms with Crippen molar-refractivity contribution in [2.45, 2.75) is 25.9 Å². The smallest absolute Gasteiger partial charge is 0.227 e. The minimum Gasteiger partial charge on any atom is -0.497 e. The van der Waals surface area contributed by atoms with Crippen molar-refractivity contribution in [3.05, 3.63) is 71.8 Å². The second-order valence-corrected chi connectivity index (χ2v) is 7.64. The molecule has 0 spiro atoms. The van der Waals surface area contributed by atoms with Gasteiger partial charge in [-0.15, -0.1) is 0 Å². The van der Waals surface area contributed by atoms with Crippen LogP contribution < -0.4 is 20.3 Å². The Bertz CT molecular complexity index is 1090. The van der Waals surface area contributed by atoms with Gasteiger partial charge >= 0.3 is 0 Å². The molecule has 0 aliphatic carbocycles. The van der Waals surface area contributed by atoms with Gasteiger partial charge in [-0.1, -0.05) is 30.3 Å². The van der Waals surface area contributed by atoms with Gasteiger partial charge in [0.2, 0.25) is 5.91 Å². The highest BCUT2D eigenvalue weighted by Crippen LogP contribution is 2.22. The molecule has 0 bridgehead atoms. The lowest BCUT2D eigenvalue weighted by atomic mass is 10.1. The Morgan fingerprint density at radius 3 is 2.32 bits per heavy atom. The lowest BCUT2D eigenvalue weighted by Crippen LogP contribution is -2.36. The first-order valence-corrected chi connectivity index (χ1v) is 10.6. The third-order valence-electron chi connectivity index (χ3n) is 5.58. The maximum absolute atomic E-state index is 11.9. The fraction of sp³-hybridized carbons (Fsp3) is 0.280. The first kappa shape index (κ1) is 20.7. The van der Waals surface area contributed by atoms with Gasteiger partial charge in [0.05, 0.1) is 7.11 Å². The number of carbonyl (C=O) groups is 1. The summed E-state index contributed by atoms with van der Waals surface area (Å²) in [5.74, 6) is 1.82. The van der Waals surface area contributed by atoms with Crippen LogP contribution in [0, 0.1) is 0 Å². The molecule has 1 aliphatic heterocycles. The number of hydrogen-bond acceptors (Lipinski definition) is 3. The van der Waals surface area contributed by atoms with E-state index in [1.807, 2.05) is 29.2 Å². The lowest BCUT2D eigenvalue weighted by Gasteiger charge is -2.16. The van der Waals surface area contributed by atoms with Crippen molar-refractivity contribution in [1.29, 1.82) is 0 Å². The molecule has 4 rings (SSSR count). The second-order valence-electron chi connectivity index (χ2n) is 7.64. The van der Waals surface area contributed by atoms with Gasteiger partial charge in [0.15, 0.2) is 5.96 Å². The maximum Gasteiger partial charge on any atom is 0.227 e. The van der Waals surface area contributed by atoms with E-state index >= 15 is 0 Å². The highest BCUT2D eigenvalue weighted by Gasteiger charge is 2.21. The van der Waals surface area contributed by atoms with E-state index in [1.54, 1.807) is 14.2 Å². The molecule has 0 unspecified atom stereocenters. The van der Waals surface area contributed by atoms with Crippen molar-refractivity contribution in [1.82, 2.24) is 10.6 Å². The van der Waals surface area contributed by atoms with E-state index in [4.69, 9.17) is 4.74 Å². The number of nitrogens with one attached hydrogen (secondary N) is 2. The van der Waals surface area contributed by atoms with Gasteiger partial charge in [0.1, 0.15) is 5.75 Å². The van der Waals surface area contributed by atoms with E-state index in [1.165, 1.54) is 10.9 Å². The molecule has 3 aromatic rings. The summed E-state index contributed by atoms with van der Waals surface area (Å²) in [6, 6.07) is 20.6. The lowest BCUT2D eigenvalue weighted by molar-refractivity contribution is -0.117. The SMILES string of the molecule is CN=C(NCc1ccc(N2CCCC2=O)cc1)NCc1ccc2cc(OC)ccc2c1. The Morgan fingerprint density at radius 2 is 1.65 bits per heavy atom. The summed E-state index contributed by atoms with van der Waals surface area (Å²) in [7, 11) is 3.45. The van der Waals surface area contributed by atoms with Crippen LogP contribution in [0.5, 0.6) is 5.75 Å². The van der Waals surface area contributed by atoms with Crippen LogP contribution >= 0.6 is 0 Å². The monoisotopic (exact) mass is 416 g/mol. The Kier molecular flexibility index (Phi) is 6.36. The summed E-state index contributed by atoms with van der Waals surface area (Å²) in [4.78, 5) is 18.1. The number of anilines is 1. The zero-order valence-electron chi connectivity index (χ0n) is 18.0. The molecule has 2 N–H and O–H groups in total. The van der Waals surface area contributed by atoms with E-state index < -0.39 is 0 Å². The molecule has 0 radical (unpaired) electrons. The number of carbonyl (C=O) groups excluding carboxylic acids is 1. The number of nitrogens with zero attached hydrogens (tertiary/aromatic N) is 2. The third kappa shape index (κ3) is 4.97. The first-order chi connectivity index (χ1) is 15.2. The molecule has 1 heterocycles. The second kappa shape index (κ2) is 9.51. The van der Waals surface area contributed by atoms with Gasteiger partial charge in [-0.2, -0.15) is 0 Å². The molecule has 1 fully saturated rings. The van der Waals surface area contributed by atoms with E-state index in [-0.39, 0.29) is 5.91 Å². The van der Waals surface area contributed by atoms with Crippen molar-refractivity contribution in [3.63, 3.8) is 0 Å². The quantitative estimate of drug-likeness (QED) is 0.473. The predicted molar refractivity (Wildman–Crippen MR) is 126 cm³/mol. The van der Waals surface area contributed by atoms with Crippen LogP contribution in [-0.2, 0) is 17.9 Å². The fourth-order valence-electron chi connectivity index (χ4n) is 3.82. The third-order valence-corrected chi connectivity index (χ3v) is 5.58. The van der Waals surface area contributed by atoms with E-state index in [0.717, 1.165) is 41.3 Å². The van der Waals surface area contributed by atoms with Crippen LogP contribution in [-0.4, -0.2) is 32.6 Å². The number of guanidine groups is 1. The number of benzene rings is 3. The van der Waals surface area contributed by atoms with Crippen molar-refractivity contribution in [2.75, 3.05) is 25.6 Å². The summed E-state index contributed by atoms with van der Waals surface area (Å²) in [6.07, 6.45) is 1.59. The number of methoxy groups -OCH3 is 1. The zero-order valence-corrected chi connectivity index (χ0v) is 18.0. The molecule has 0 saturated carbocycles. The molecule has 1 amide bonds. The molecule has 3 aromatic carbocycles. The zero-order chi connectivity index (χ0) is 21.6. The number of rotatable bonds is 6. The van der Waals surface area contributed by atoms with Crippen LogP contribution in [0.3, 0.4) is 0 Å². The Hall–Kier alpha value is -3.54. The van der Waals surface area contributed by atoms with Crippen LogP contribution in [0.4, 0.5) is 5.69 Å². The number of hydrogen-bond donors (Lipinski definition) is 2. The number of aliphatic imine (C=N–C) groups is 1. The summed E-state index contributed by atoms with van der Waals surface area (Å²) in [6.45, 7) is 2.15. The molecular weight excluding hydrogens is 388 g/mol. The van der Waals surface area contributed by atoms with Crippen molar-refractivity contribution < 1.29 is 9.53 Å². The van der Waals surface area contributed by atoms with Crippen LogP contribution in [0.2, 0.25) is 0 Å².